The molecule has 0 aliphatic carbocycles. The number of nitrogens with two attached hydrogens (primary N) is 1. The van der Waals surface area contributed by atoms with Gasteiger partial charge in [0.1, 0.15) is 0 Å². The Labute approximate surface area is 134 Å². The van der Waals surface area contributed by atoms with Gasteiger partial charge in [0.15, 0.2) is 12.4 Å². The highest BCUT2D eigenvalue weighted by Gasteiger charge is 2.20. The highest BCUT2D eigenvalue weighted by atomic mass is 16.6. The number of nitro groups is 1. The quantitative estimate of drug-likeness (QED) is 0.482. The third kappa shape index (κ3) is 5.25. The summed E-state index contributed by atoms with van der Waals surface area (Å²) < 4.78 is 10.5. The summed E-state index contributed by atoms with van der Waals surface area (Å²) >= 11 is 0. The molecule has 1 aliphatic heterocycles. The standard InChI is InChI=1S/C13H17N3O5.C2H2/c14-8-10-1-2-11(16(18)19)12(7-10)21-9-13(17)15-3-5-20-6-4-15;1-2/h1-2,7H,3-6,8-9,14H2;1-2H. The van der Waals surface area contributed by atoms with E-state index in [-0.39, 0.29) is 30.5 Å². The van der Waals surface area contributed by atoms with Crippen molar-refractivity contribution in [1.82, 2.24) is 4.90 Å². The fourth-order valence-electron chi connectivity index (χ4n) is 2.00. The number of hydrogen-bond donors (Lipinski definition) is 1. The van der Waals surface area contributed by atoms with Crippen LogP contribution in [-0.4, -0.2) is 48.6 Å². The third-order valence-corrected chi connectivity index (χ3v) is 3.17. The zero-order chi connectivity index (χ0) is 17.2. The van der Waals surface area contributed by atoms with Crippen molar-refractivity contribution in [3.8, 4) is 18.6 Å². The number of morpholine rings is 1. The molecule has 0 atom stereocenters. The van der Waals surface area contributed by atoms with Crippen LogP contribution in [0, 0.1) is 23.0 Å². The number of benzene rings is 1. The Kier molecular flexibility index (Phi) is 7.53. The van der Waals surface area contributed by atoms with E-state index in [1.807, 2.05) is 0 Å². The number of amides is 1. The van der Waals surface area contributed by atoms with Crippen LogP contribution in [0.25, 0.3) is 0 Å². The van der Waals surface area contributed by atoms with Gasteiger partial charge in [0.25, 0.3) is 5.91 Å². The molecule has 1 amide bonds. The Morgan fingerprint density at radius 1 is 1.39 bits per heavy atom. The van der Waals surface area contributed by atoms with E-state index in [0.717, 1.165) is 0 Å². The minimum Gasteiger partial charge on any atom is -0.477 e. The lowest BCUT2D eigenvalue weighted by Crippen LogP contribution is -2.43. The van der Waals surface area contributed by atoms with Crippen LogP contribution in [0.3, 0.4) is 0 Å². The number of nitrogens with zero attached hydrogens (tertiary/aromatic N) is 2. The summed E-state index contributed by atoms with van der Waals surface area (Å²) in [4.78, 5) is 24.0. The lowest BCUT2D eigenvalue weighted by Gasteiger charge is -2.26. The molecule has 1 aromatic rings. The first-order chi connectivity index (χ1) is 11.1. The largest absolute Gasteiger partial charge is 0.477 e. The van der Waals surface area contributed by atoms with Crippen molar-refractivity contribution in [3.05, 3.63) is 33.9 Å². The maximum Gasteiger partial charge on any atom is 0.310 e. The number of ether oxygens (including phenoxy) is 2. The molecule has 1 aliphatic rings. The van der Waals surface area contributed by atoms with Crippen LogP contribution in [0.15, 0.2) is 18.2 Å². The second kappa shape index (κ2) is 9.40. The molecule has 0 aromatic heterocycles. The van der Waals surface area contributed by atoms with Crippen LogP contribution in [0.2, 0.25) is 0 Å². The van der Waals surface area contributed by atoms with Gasteiger partial charge in [-0.2, -0.15) is 0 Å². The first-order valence-electron chi connectivity index (χ1n) is 6.91. The maximum absolute atomic E-state index is 12.0. The lowest BCUT2D eigenvalue weighted by molar-refractivity contribution is -0.385. The van der Waals surface area contributed by atoms with Gasteiger partial charge in [-0.3, -0.25) is 14.9 Å². The first kappa shape index (κ1) is 18.4. The zero-order valence-corrected chi connectivity index (χ0v) is 12.6. The summed E-state index contributed by atoms with van der Waals surface area (Å²) in [5.41, 5.74) is 6.03. The van der Waals surface area contributed by atoms with Crippen molar-refractivity contribution in [2.75, 3.05) is 32.9 Å². The molecule has 0 unspecified atom stereocenters. The average molecular weight is 321 g/mol. The summed E-state index contributed by atoms with van der Waals surface area (Å²) in [6, 6.07) is 4.39. The topological polar surface area (TPSA) is 108 Å². The van der Waals surface area contributed by atoms with Crippen molar-refractivity contribution < 1.29 is 19.2 Å². The number of nitro benzene ring substituents is 1. The normalized spacial score (nSPS) is 13.6. The molecule has 0 saturated carbocycles. The minimum absolute atomic E-state index is 0.0598. The fourth-order valence-corrected chi connectivity index (χ4v) is 2.00. The maximum atomic E-state index is 12.0. The van der Waals surface area contributed by atoms with E-state index in [9.17, 15) is 14.9 Å². The fraction of sp³-hybridized carbons (Fsp3) is 0.400. The zero-order valence-electron chi connectivity index (χ0n) is 12.6. The van der Waals surface area contributed by atoms with Crippen molar-refractivity contribution in [3.63, 3.8) is 0 Å². The Balaban J connectivity index is 0.00000127. The molecule has 0 radical (unpaired) electrons. The lowest BCUT2D eigenvalue weighted by atomic mass is 10.2. The Morgan fingerprint density at radius 2 is 2.04 bits per heavy atom. The summed E-state index contributed by atoms with van der Waals surface area (Å²) in [5, 5.41) is 11.0. The van der Waals surface area contributed by atoms with Crippen LogP contribution < -0.4 is 10.5 Å². The Hall–Kier alpha value is -2.63. The Morgan fingerprint density at radius 3 is 2.61 bits per heavy atom. The molecule has 0 spiro atoms. The van der Waals surface area contributed by atoms with Gasteiger partial charge in [0, 0.05) is 25.7 Å². The van der Waals surface area contributed by atoms with E-state index in [1.54, 1.807) is 11.0 Å². The summed E-state index contributed by atoms with van der Waals surface area (Å²) in [7, 11) is 0. The van der Waals surface area contributed by atoms with E-state index < -0.39 is 4.92 Å². The number of terminal acetylenes is 1. The smallest absolute Gasteiger partial charge is 0.310 e. The number of hydrogen-bond acceptors (Lipinski definition) is 6. The van der Waals surface area contributed by atoms with Gasteiger partial charge in [-0.25, -0.2) is 0 Å². The third-order valence-electron chi connectivity index (χ3n) is 3.17. The molecular formula is C15H19N3O5. The molecule has 1 saturated heterocycles. The first-order valence-corrected chi connectivity index (χ1v) is 6.91. The highest BCUT2D eigenvalue weighted by Crippen LogP contribution is 2.27. The number of carbonyl (C=O) groups is 1. The van der Waals surface area contributed by atoms with Crippen LogP contribution in [0.4, 0.5) is 5.69 Å². The van der Waals surface area contributed by atoms with Crippen LogP contribution in [0.1, 0.15) is 5.56 Å². The molecule has 8 heteroatoms. The van der Waals surface area contributed by atoms with Crippen molar-refractivity contribution >= 4 is 11.6 Å². The SMILES string of the molecule is C#C.NCc1ccc([N+](=O)[O-])c(OCC(=O)N2CCOCC2)c1. The molecule has 2 N–H and O–H groups in total. The van der Waals surface area contributed by atoms with Gasteiger partial charge in [0.2, 0.25) is 0 Å². The predicted molar refractivity (Wildman–Crippen MR) is 83.8 cm³/mol. The van der Waals surface area contributed by atoms with Gasteiger partial charge in [-0.15, -0.1) is 12.8 Å². The second-order valence-electron chi connectivity index (χ2n) is 4.55. The van der Waals surface area contributed by atoms with Gasteiger partial charge in [-0.05, 0) is 11.6 Å². The van der Waals surface area contributed by atoms with Crippen LogP contribution >= 0.6 is 0 Å². The average Bonchev–Trinajstić information content (AvgIpc) is 2.61. The molecule has 23 heavy (non-hydrogen) atoms. The second-order valence-corrected chi connectivity index (χ2v) is 4.55. The van der Waals surface area contributed by atoms with Crippen molar-refractivity contribution in [1.29, 1.82) is 0 Å². The van der Waals surface area contributed by atoms with Crippen molar-refractivity contribution in [2.24, 2.45) is 5.73 Å². The summed E-state index contributed by atoms with van der Waals surface area (Å²) in [5.74, 6) is -0.157. The van der Waals surface area contributed by atoms with Gasteiger partial charge < -0.3 is 20.1 Å². The molecular weight excluding hydrogens is 302 g/mol. The molecule has 8 nitrogen and oxygen atoms in total. The monoisotopic (exact) mass is 321 g/mol. The van der Waals surface area contributed by atoms with E-state index in [1.165, 1.54) is 12.1 Å². The van der Waals surface area contributed by atoms with Crippen LogP contribution in [-0.2, 0) is 16.1 Å². The van der Waals surface area contributed by atoms with Crippen molar-refractivity contribution in [2.45, 2.75) is 6.54 Å². The van der Waals surface area contributed by atoms with Gasteiger partial charge in [-0.1, -0.05) is 6.07 Å². The molecule has 124 valence electrons. The van der Waals surface area contributed by atoms with Gasteiger partial charge >= 0.3 is 5.69 Å². The van der Waals surface area contributed by atoms with E-state index in [2.05, 4.69) is 12.8 Å². The molecule has 1 heterocycles. The summed E-state index contributed by atoms with van der Waals surface area (Å²) in [6.07, 6.45) is 8.00. The van der Waals surface area contributed by atoms with E-state index >= 15 is 0 Å². The highest BCUT2D eigenvalue weighted by molar-refractivity contribution is 5.78. The minimum atomic E-state index is -0.547. The molecule has 2 rings (SSSR count). The number of rotatable bonds is 5. The molecule has 1 aromatic carbocycles. The number of carbonyl (C=O) groups excluding carboxylic acids is 1. The van der Waals surface area contributed by atoms with E-state index in [0.29, 0.717) is 31.9 Å². The predicted octanol–water partition coefficient (Wildman–Crippen LogP) is 0.540. The Bertz CT molecular complexity index is 567. The van der Waals surface area contributed by atoms with Crippen LogP contribution in [0.5, 0.6) is 5.75 Å². The van der Waals surface area contributed by atoms with E-state index in [4.69, 9.17) is 15.2 Å². The molecule has 0 bridgehead atoms. The van der Waals surface area contributed by atoms with Gasteiger partial charge in [0.05, 0.1) is 18.1 Å². The summed E-state index contributed by atoms with van der Waals surface area (Å²) in [6.45, 7) is 2.00. The molecule has 1 fully saturated rings.